The maximum atomic E-state index is 12.7. The largest absolute Gasteiger partial charge is 0.493 e. The summed E-state index contributed by atoms with van der Waals surface area (Å²) >= 11 is 0. The van der Waals surface area contributed by atoms with Crippen LogP contribution in [-0.2, 0) is 14.4 Å². The number of nitrogens with one attached hydrogen (secondary N) is 2. The zero-order chi connectivity index (χ0) is 22.3. The van der Waals surface area contributed by atoms with Crippen LogP contribution in [0.1, 0.15) is 36.7 Å². The first-order valence-electron chi connectivity index (χ1n) is 8.97. The van der Waals surface area contributed by atoms with E-state index in [0.717, 1.165) is 0 Å². The molecular formula is C22H22N2O6. The molecular weight excluding hydrogens is 388 g/mol. The molecule has 2 amide bonds. The summed E-state index contributed by atoms with van der Waals surface area (Å²) in [5.41, 5.74) is 1.37. The summed E-state index contributed by atoms with van der Waals surface area (Å²) in [6.45, 7) is 3.98. The minimum atomic E-state index is -0.575. The predicted octanol–water partition coefficient (Wildman–Crippen LogP) is 2.94. The molecule has 0 unspecified atom stereocenters. The van der Waals surface area contributed by atoms with Crippen molar-refractivity contribution < 1.29 is 28.7 Å². The second kappa shape index (κ2) is 10.0. The van der Waals surface area contributed by atoms with Gasteiger partial charge in [0.15, 0.2) is 17.3 Å². The maximum absolute atomic E-state index is 12.7. The zero-order valence-corrected chi connectivity index (χ0v) is 17.1. The van der Waals surface area contributed by atoms with Gasteiger partial charge in [0.25, 0.3) is 5.91 Å². The van der Waals surface area contributed by atoms with Gasteiger partial charge in [0.05, 0.1) is 7.11 Å². The standard InChI is InChI=1S/C22H22N2O6/c1-13(25)17-6-5-7-18(12-17)24-22(28)19(23-14(2)26)10-16-8-9-20(30-15(3)27)21(11-16)29-4/h5-12H,1-4H3,(H,23,26)(H,24,28). The normalized spacial score (nSPS) is 10.7. The first kappa shape index (κ1) is 22.4. The van der Waals surface area contributed by atoms with Crippen molar-refractivity contribution in [3.05, 3.63) is 59.3 Å². The van der Waals surface area contributed by atoms with Crippen LogP contribution < -0.4 is 20.1 Å². The highest BCUT2D eigenvalue weighted by Gasteiger charge is 2.14. The fraction of sp³-hybridized carbons (Fsp3) is 0.182. The Morgan fingerprint density at radius 2 is 1.67 bits per heavy atom. The van der Waals surface area contributed by atoms with E-state index in [4.69, 9.17) is 9.47 Å². The van der Waals surface area contributed by atoms with Gasteiger partial charge < -0.3 is 20.1 Å². The monoisotopic (exact) mass is 410 g/mol. The first-order chi connectivity index (χ1) is 14.2. The van der Waals surface area contributed by atoms with Gasteiger partial charge in [-0.25, -0.2) is 0 Å². The molecule has 2 rings (SSSR count). The van der Waals surface area contributed by atoms with Crippen molar-refractivity contribution in [2.75, 3.05) is 12.4 Å². The number of hydrogen-bond donors (Lipinski definition) is 2. The van der Waals surface area contributed by atoms with Crippen molar-refractivity contribution in [2.24, 2.45) is 0 Å². The molecule has 0 aliphatic heterocycles. The summed E-state index contributed by atoms with van der Waals surface area (Å²) in [5, 5.41) is 5.14. The number of ketones is 1. The number of benzene rings is 2. The van der Waals surface area contributed by atoms with Crippen LogP contribution >= 0.6 is 0 Å². The van der Waals surface area contributed by atoms with Crippen molar-refractivity contribution in [3.63, 3.8) is 0 Å². The highest BCUT2D eigenvalue weighted by atomic mass is 16.6. The Bertz CT molecular complexity index is 1030. The first-order valence-corrected chi connectivity index (χ1v) is 8.97. The molecule has 0 heterocycles. The number of ether oxygens (including phenoxy) is 2. The molecule has 2 N–H and O–H groups in total. The average molecular weight is 410 g/mol. The maximum Gasteiger partial charge on any atom is 0.308 e. The third-order valence-corrected chi connectivity index (χ3v) is 3.83. The number of methoxy groups -OCH3 is 1. The van der Waals surface area contributed by atoms with Gasteiger partial charge in [-0.15, -0.1) is 0 Å². The third kappa shape index (κ3) is 6.30. The highest BCUT2D eigenvalue weighted by molar-refractivity contribution is 6.09. The van der Waals surface area contributed by atoms with Crippen LogP contribution in [0.15, 0.2) is 48.2 Å². The SMILES string of the molecule is COc1cc(C=C(NC(C)=O)C(=O)Nc2cccc(C(C)=O)c2)ccc1OC(C)=O. The van der Waals surface area contributed by atoms with Crippen LogP contribution in [0.25, 0.3) is 6.08 Å². The number of Topliss-reactive ketones (excluding diaryl/α,β-unsaturated/α-hetero) is 1. The molecule has 2 aromatic rings. The molecule has 2 aromatic carbocycles. The fourth-order valence-corrected chi connectivity index (χ4v) is 2.54. The molecule has 0 aliphatic carbocycles. The Labute approximate surface area is 173 Å². The molecule has 0 saturated carbocycles. The Kier molecular flexibility index (Phi) is 7.46. The molecule has 8 heteroatoms. The van der Waals surface area contributed by atoms with E-state index in [2.05, 4.69) is 10.6 Å². The summed E-state index contributed by atoms with van der Waals surface area (Å²) in [7, 11) is 1.42. The average Bonchev–Trinajstić information content (AvgIpc) is 2.68. The van der Waals surface area contributed by atoms with E-state index in [1.54, 1.807) is 36.4 Å². The Morgan fingerprint density at radius 1 is 0.933 bits per heavy atom. The summed E-state index contributed by atoms with van der Waals surface area (Å²) in [5.74, 6) is -1.12. The molecule has 0 fully saturated rings. The lowest BCUT2D eigenvalue weighted by molar-refractivity contribution is -0.132. The van der Waals surface area contributed by atoms with Crippen molar-refractivity contribution in [1.29, 1.82) is 0 Å². The van der Waals surface area contributed by atoms with Crippen molar-refractivity contribution >= 4 is 35.3 Å². The van der Waals surface area contributed by atoms with E-state index in [-0.39, 0.29) is 23.0 Å². The van der Waals surface area contributed by atoms with Crippen LogP contribution in [-0.4, -0.2) is 30.7 Å². The highest BCUT2D eigenvalue weighted by Crippen LogP contribution is 2.29. The van der Waals surface area contributed by atoms with Gasteiger partial charge in [0.2, 0.25) is 5.91 Å². The third-order valence-electron chi connectivity index (χ3n) is 3.83. The number of hydrogen-bond acceptors (Lipinski definition) is 6. The van der Waals surface area contributed by atoms with Crippen molar-refractivity contribution in [3.8, 4) is 11.5 Å². The molecule has 0 atom stereocenters. The number of esters is 1. The molecule has 0 aliphatic rings. The minimum Gasteiger partial charge on any atom is -0.493 e. The van der Waals surface area contributed by atoms with Crippen LogP contribution in [0, 0.1) is 0 Å². The van der Waals surface area contributed by atoms with E-state index in [1.165, 1.54) is 40.0 Å². The van der Waals surface area contributed by atoms with E-state index in [9.17, 15) is 19.2 Å². The van der Waals surface area contributed by atoms with Crippen LogP contribution in [0.3, 0.4) is 0 Å². The molecule has 0 saturated heterocycles. The fourth-order valence-electron chi connectivity index (χ4n) is 2.54. The van der Waals surface area contributed by atoms with E-state index < -0.39 is 17.8 Å². The van der Waals surface area contributed by atoms with Gasteiger partial charge in [-0.2, -0.15) is 0 Å². The second-order valence-electron chi connectivity index (χ2n) is 6.33. The number of carbonyl (C=O) groups excluding carboxylic acids is 4. The van der Waals surface area contributed by atoms with Gasteiger partial charge >= 0.3 is 5.97 Å². The van der Waals surface area contributed by atoms with Gasteiger partial charge in [-0.3, -0.25) is 19.2 Å². The number of amides is 2. The molecule has 0 spiro atoms. The molecule has 30 heavy (non-hydrogen) atoms. The Hall–Kier alpha value is -3.94. The van der Waals surface area contributed by atoms with Gasteiger partial charge in [0.1, 0.15) is 5.70 Å². The lowest BCUT2D eigenvalue weighted by Crippen LogP contribution is -2.29. The number of rotatable bonds is 7. The van der Waals surface area contributed by atoms with E-state index in [1.807, 2.05) is 0 Å². The van der Waals surface area contributed by atoms with Crippen molar-refractivity contribution in [1.82, 2.24) is 5.32 Å². The zero-order valence-electron chi connectivity index (χ0n) is 17.1. The quantitative estimate of drug-likeness (QED) is 0.314. The summed E-state index contributed by atoms with van der Waals surface area (Å²) in [6, 6.07) is 11.1. The lowest BCUT2D eigenvalue weighted by atomic mass is 10.1. The van der Waals surface area contributed by atoms with E-state index in [0.29, 0.717) is 16.8 Å². The Morgan fingerprint density at radius 3 is 2.27 bits per heavy atom. The molecule has 8 nitrogen and oxygen atoms in total. The summed E-state index contributed by atoms with van der Waals surface area (Å²) in [4.78, 5) is 47.0. The second-order valence-corrected chi connectivity index (χ2v) is 6.33. The van der Waals surface area contributed by atoms with Gasteiger partial charge in [0, 0.05) is 25.1 Å². The minimum absolute atomic E-state index is 0.0157. The van der Waals surface area contributed by atoms with Crippen LogP contribution in [0.5, 0.6) is 11.5 Å². The molecule has 0 aromatic heterocycles. The van der Waals surface area contributed by atoms with Crippen LogP contribution in [0.4, 0.5) is 5.69 Å². The molecule has 0 radical (unpaired) electrons. The van der Waals surface area contributed by atoms with Gasteiger partial charge in [-0.1, -0.05) is 18.2 Å². The van der Waals surface area contributed by atoms with Gasteiger partial charge in [-0.05, 0) is 42.8 Å². The lowest BCUT2D eigenvalue weighted by Gasteiger charge is -2.12. The smallest absolute Gasteiger partial charge is 0.308 e. The van der Waals surface area contributed by atoms with Crippen LogP contribution in [0.2, 0.25) is 0 Å². The summed E-state index contributed by atoms with van der Waals surface area (Å²) in [6.07, 6.45) is 1.45. The molecule has 0 bridgehead atoms. The number of carbonyl (C=O) groups is 4. The van der Waals surface area contributed by atoms with E-state index >= 15 is 0 Å². The topological polar surface area (TPSA) is 111 Å². The molecule has 156 valence electrons. The predicted molar refractivity (Wildman–Crippen MR) is 111 cm³/mol. The van der Waals surface area contributed by atoms with Crippen molar-refractivity contribution in [2.45, 2.75) is 20.8 Å². The number of anilines is 1. The summed E-state index contributed by atoms with van der Waals surface area (Å²) < 4.78 is 10.3. The Balaban J connectivity index is 2.34.